The molecule has 0 aliphatic rings. The van der Waals surface area contributed by atoms with Crippen LogP contribution in [0.1, 0.15) is 25.0 Å². The van der Waals surface area contributed by atoms with Gasteiger partial charge in [-0.25, -0.2) is 9.59 Å². The fraction of sp³-hybridized carbons (Fsp3) is 0.429. The molecule has 0 bridgehead atoms. The molecule has 0 fully saturated rings. The first-order chi connectivity index (χ1) is 9.45. The van der Waals surface area contributed by atoms with Gasteiger partial charge in [0.05, 0.1) is 6.10 Å². The van der Waals surface area contributed by atoms with E-state index in [1.54, 1.807) is 0 Å². The minimum absolute atomic E-state index is 0.308. The zero-order valence-electron chi connectivity index (χ0n) is 11.6. The van der Waals surface area contributed by atoms with Crippen LogP contribution in [-0.2, 0) is 17.8 Å². The Morgan fingerprint density at radius 1 is 1.25 bits per heavy atom. The number of nitrogens with one attached hydrogen (secondary N) is 2. The van der Waals surface area contributed by atoms with Crippen LogP contribution in [0.25, 0.3) is 0 Å². The van der Waals surface area contributed by atoms with Gasteiger partial charge >= 0.3 is 12.0 Å². The first-order valence-corrected chi connectivity index (χ1v) is 6.47. The average Bonchev–Trinajstić information content (AvgIpc) is 2.42. The van der Waals surface area contributed by atoms with Crippen molar-refractivity contribution in [3.8, 4) is 0 Å². The summed E-state index contributed by atoms with van der Waals surface area (Å²) in [6, 6.07) is 5.74. The van der Waals surface area contributed by atoms with E-state index in [4.69, 9.17) is 5.11 Å². The first kappa shape index (κ1) is 16.0. The number of hydrogen-bond donors (Lipinski definition) is 4. The zero-order chi connectivity index (χ0) is 15.1. The van der Waals surface area contributed by atoms with Gasteiger partial charge in [-0.2, -0.15) is 0 Å². The molecule has 2 unspecified atom stereocenters. The molecule has 1 aromatic carbocycles. The van der Waals surface area contributed by atoms with Gasteiger partial charge in [0, 0.05) is 6.54 Å². The number of aliphatic hydroxyl groups excluding tert-OH is 1. The molecule has 0 heterocycles. The summed E-state index contributed by atoms with van der Waals surface area (Å²) >= 11 is 0. The molecule has 0 saturated carbocycles. The fourth-order valence-corrected chi connectivity index (χ4v) is 1.83. The van der Waals surface area contributed by atoms with Crippen molar-refractivity contribution in [1.82, 2.24) is 10.6 Å². The Balaban J connectivity index is 2.57. The molecule has 0 spiro atoms. The Bertz CT molecular complexity index is 474. The maximum absolute atomic E-state index is 11.6. The number of aliphatic carboxylic acids is 1. The van der Waals surface area contributed by atoms with E-state index in [-0.39, 0.29) is 0 Å². The maximum Gasteiger partial charge on any atom is 0.328 e. The van der Waals surface area contributed by atoms with Gasteiger partial charge in [0.1, 0.15) is 0 Å². The molecule has 0 aliphatic heterocycles. The number of urea groups is 1. The minimum atomic E-state index is -1.32. The normalized spacial score (nSPS) is 13.3. The molecule has 0 aliphatic carbocycles. The highest BCUT2D eigenvalue weighted by atomic mass is 16.4. The Labute approximate surface area is 117 Å². The number of aryl methyl sites for hydroxylation is 1. The van der Waals surface area contributed by atoms with Gasteiger partial charge in [-0.1, -0.05) is 31.2 Å². The van der Waals surface area contributed by atoms with Crippen molar-refractivity contribution in [3.05, 3.63) is 35.4 Å². The molecule has 6 nitrogen and oxygen atoms in total. The molecule has 2 amide bonds. The van der Waals surface area contributed by atoms with Gasteiger partial charge in [-0.3, -0.25) is 0 Å². The predicted molar refractivity (Wildman–Crippen MR) is 74.3 cm³/mol. The lowest BCUT2D eigenvalue weighted by molar-refractivity contribution is -0.141. The summed E-state index contributed by atoms with van der Waals surface area (Å²) in [5, 5.41) is 22.9. The molecule has 0 radical (unpaired) electrons. The summed E-state index contributed by atoms with van der Waals surface area (Å²) in [7, 11) is 0. The van der Waals surface area contributed by atoms with Crippen molar-refractivity contribution in [1.29, 1.82) is 0 Å². The average molecular weight is 280 g/mol. The van der Waals surface area contributed by atoms with Crippen LogP contribution in [0.15, 0.2) is 24.3 Å². The summed E-state index contributed by atoms with van der Waals surface area (Å²) in [4.78, 5) is 22.5. The van der Waals surface area contributed by atoms with E-state index in [1.165, 1.54) is 6.92 Å². The Kier molecular flexibility index (Phi) is 5.99. The van der Waals surface area contributed by atoms with Crippen LogP contribution in [0, 0.1) is 0 Å². The molecule has 110 valence electrons. The van der Waals surface area contributed by atoms with Crippen LogP contribution in [-0.4, -0.2) is 34.4 Å². The number of carbonyl (C=O) groups excluding carboxylic acids is 1. The third-order valence-electron chi connectivity index (χ3n) is 2.97. The Morgan fingerprint density at radius 2 is 1.85 bits per heavy atom. The monoisotopic (exact) mass is 280 g/mol. The van der Waals surface area contributed by atoms with E-state index < -0.39 is 24.1 Å². The molecule has 6 heteroatoms. The molecule has 1 rings (SSSR count). The predicted octanol–water partition coefficient (Wildman–Crippen LogP) is 0.882. The standard InChI is InChI=1S/C14H20N2O4/c1-3-10-6-4-5-7-11(10)8-15-14(20)16-12(9(2)17)13(18)19/h4-7,9,12,17H,3,8H2,1-2H3,(H,18,19)(H2,15,16,20). The van der Waals surface area contributed by atoms with Crippen LogP contribution in [0.2, 0.25) is 0 Å². The van der Waals surface area contributed by atoms with E-state index in [0.717, 1.165) is 17.5 Å². The quantitative estimate of drug-likeness (QED) is 0.621. The van der Waals surface area contributed by atoms with Gasteiger partial charge in [-0.05, 0) is 24.5 Å². The number of carboxylic acid groups (broad SMARTS) is 1. The van der Waals surface area contributed by atoms with Crippen LogP contribution in [0.4, 0.5) is 4.79 Å². The SMILES string of the molecule is CCc1ccccc1CNC(=O)NC(C(=O)O)C(C)O. The van der Waals surface area contributed by atoms with E-state index in [9.17, 15) is 14.7 Å². The Morgan fingerprint density at radius 3 is 2.35 bits per heavy atom. The van der Waals surface area contributed by atoms with Crippen LogP contribution in [0.3, 0.4) is 0 Å². The molecular weight excluding hydrogens is 260 g/mol. The highest BCUT2D eigenvalue weighted by molar-refractivity contribution is 5.82. The van der Waals surface area contributed by atoms with E-state index in [2.05, 4.69) is 10.6 Å². The number of carboxylic acids is 1. The molecular formula is C14H20N2O4. The molecule has 0 saturated heterocycles. The summed E-state index contributed by atoms with van der Waals surface area (Å²) in [6.07, 6.45) is -0.313. The van der Waals surface area contributed by atoms with E-state index in [1.807, 2.05) is 31.2 Å². The van der Waals surface area contributed by atoms with Crippen LogP contribution < -0.4 is 10.6 Å². The van der Waals surface area contributed by atoms with Crippen molar-refractivity contribution in [2.75, 3.05) is 0 Å². The summed E-state index contributed by atoms with van der Waals surface area (Å²) < 4.78 is 0. The fourth-order valence-electron chi connectivity index (χ4n) is 1.83. The van der Waals surface area contributed by atoms with Gasteiger partial charge in [0.25, 0.3) is 0 Å². The summed E-state index contributed by atoms with van der Waals surface area (Å²) in [5.41, 5.74) is 2.10. The van der Waals surface area contributed by atoms with Gasteiger partial charge in [0.15, 0.2) is 6.04 Å². The zero-order valence-corrected chi connectivity index (χ0v) is 11.6. The number of benzene rings is 1. The van der Waals surface area contributed by atoms with Gasteiger partial charge in [-0.15, -0.1) is 0 Å². The van der Waals surface area contributed by atoms with Gasteiger partial charge < -0.3 is 20.8 Å². The number of hydrogen-bond acceptors (Lipinski definition) is 3. The second-order valence-electron chi connectivity index (χ2n) is 4.51. The van der Waals surface area contributed by atoms with Gasteiger partial charge in [0.2, 0.25) is 0 Å². The maximum atomic E-state index is 11.6. The topological polar surface area (TPSA) is 98.7 Å². The van der Waals surface area contributed by atoms with Crippen LogP contribution >= 0.6 is 0 Å². The highest BCUT2D eigenvalue weighted by Gasteiger charge is 2.24. The number of amides is 2. The molecule has 20 heavy (non-hydrogen) atoms. The van der Waals surface area contributed by atoms with Crippen molar-refractivity contribution < 1.29 is 19.8 Å². The van der Waals surface area contributed by atoms with Crippen molar-refractivity contribution in [3.63, 3.8) is 0 Å². The number of carbonyl (C=O) groups is 2. The second kappa shape index (κ2) is 7.49. The smallest absolute Gasteiger partial charge is 0.328 e. The van der Waals surface area contributed by atoms with Crippen LogP contribution in [0.5, 0.6) is 0 Å². The molecule has 1 aromatic rings. The Hall–Kier alpha value is -2.08. The minimum Gasteiger partial charge on any atom is -0.480 e. The molecule has 0 aromatic heterocycles. The summed E-state index contributed by atoms with van der Waals surface area (Å²) in [5.74, 6) is -1.27. The lowest BCUT2D eigenvalue weighted by Gasteiger charge is -2.17. The molecule has 2 atom stereocenters. The van der Waals surface area contributed by atoms with Crippen molar-refractivity contribution >= 4 is 12.0 Å². The number of rotatable bonds is 6. The third kappa shape index (κ3) is 4.55. The van der Waals surface area contributed by atoms with Crippen molar-refractivity contribution in [2.24, 2.45) is 0 Å². The number of aliphatic hydroxyl groups is 1. The lowest BCUT2D eigenvalue weighted by atomic mass is 10.1. The highest BCUT2D eigenvalue weighted by Crippen LogP contribution is 2.08. The lowest BCUT2D eigenvalue weighted by Crippen LogP contribution is -2.51. The second-order valence-corrected chi connectivity index (χ2v) is 4.51. The van der Waals surface area contributed by atoms with E-state index in [0.29, 0.717) is 6.54 Å². The summed E-state index contributed by atoms with van der Waals surface area (Å²) in [6.45, 7) is 3.64. The first-order valence-electron chi connectivity index (χ1n) is 6.47. The largest absolute Gasteiger partial charge is 0.480 e. The third-order valence-corrected chi connectivity index (χ3v) is 2.97. The van der Waals surface area contributed by atoms with Crippen molar-refractivity contribution in [2.45, 2.75) is 39.0 Å². The molecule has 4 N–H and O–H groups in total. The van der Waals surface area contributed by atoms with E-state index >= 15 is 0 Å².